The number of carbonyl (C=O) groups is 2. The molecule has 0 unspecified atom stereocenters. The first-order chi connectivity index (χ1) is 14.8. The van der Waals surface area contributed by atoms with Crippen molar-refractivity contribution in [2.24, 2.45) is 0 Å². The standard InChI is InChI=1S/C23H20ClN3O4/c1-13-12-18(25-31-13)27-20(14-6-10-17(11-7-14)26(2)3)19(22(29)23(27)30)21(28)15-4-8-16(24)9-5-15/h4-12,20,28H,1-3H3/t20-/m1/s1. The van der Waals surface area contributed by atoms with E-state index in [-0.39, 0.29) is 17.2 Å². The van der Waals surface area contributed by atoms with Gasteiger partial charge in [0.2, 0.25) is 0 Å². The van der Waals surface area contributed by atoms with Crippen LogP contribution in [0.15, 0.2) is 64.7 Å². The molecule has 8 heteroatoms. The third-order valence-electron chi connectivity index (χ3n) is 5.15. The normalized spacial score (nSPS) is 17.9. The summed E-state index contributed by atoms with van der Waals surface area (Å²) in [5.74, 6) is -1.16. The SMILES string of the molecule is Cc1cc(N2C(=O)C(=O)C(=C(O)c3ccc(Cl)cc3)[C@H]2c2ccc(N(C)C)cc2)no1. The quantitative estimate of drug-likeness (QED) is 0.371. The van der Waals surface area contributed by atoms with Gasteiger partial charge in [0.1, 0.15) is 11.5 Å². The highest BCUT2D eigenvalue weighted by molar-refractivity contribution is 6.51. The van der Waals surface area contributed by atoms with E-state index in [1.807, 2.05) is 43.3 Å². The molecule has 158 valence electrons. The summed E-state index contributed by atoms with van der Waals surface area (Å²) in [4.78, 5) is 29.2. The van der Waals surface area contributed by atoms with Gasteiger partial charge in [-0.05, 0) is 48.9 Å². The summed E-state index contributed by atoms with van der Waals surface area (Å²) in [7, 11) is 3.83. The Labute approximate surface area is 184 Å². The van der Waals surface area contributed by atoms with Crippen LogP contribution in [-0.2, 0) is 9.59 Å². The number of aryl methyl sites for hydroxylation is 1. The molecule has 0 aliphatic carbocycles. The zero-order valence-electron chi connectivity index (χ0n) is 17.2. The summed E-state index contributed by atoms with van der Waals surface area (Å²) < 4.78 is 5.13. The predicted octanol–water partition coefficient (Wildman–Crippen LogP) is 4.33. The van der Waals surface area contributed by atoms with Crippen molar-refractivity contribution in [3.63, 3.8) is 0 Å². The maximum atomic E-state index is 13.0. The Morgan fingerprint density at radius 2 is 1.74 bits per heavy atom. The monoisotopic (exact) mass is 437 g/mol. The Balaban J connectivity index is 1.91. The first kappa shape index (κ1) is 20.7. The molecule has 2 heterocycles. The molecule has 3 aromatic rings. The molecule has 1 N–H and O–H groups in total. The van der Waals surface area contributed by atoms with Crippen LogP contribution in [0.5, 0.6) is 0 Å². The fourth-order valence-corrected chi connectivity index (χ4v) is 3.70. The molecule has 1 saturated heterocycles. The lowest BCUT2D eigenvalue weighted by molar-refractivity contribution is -0.132. The van der Waals surface area contributed by atoms with Crippen molar-refractivity contribution in [1.82, 2.24) is 5.16 Å². The van der Waals surface area contributed by atoms with E-state index in [9.17, 15) is 14.7 Å². The molecule has 0 saturated carbocycles. The third kappa shape index (κ3) is 3.68. The van der Waals surface area contributed by atoms with Crippen LogP contribution in [0.1, 0.15) is 22.9 Å². The van der Waals surface area contributed by atoms with Crippen molar-refractivity contribution >= 4 is 40.6 Å². The topological polar surface area (TPSA) is 86.9 Å². The van der Waals surface area contributed by atoms with Gasteiger partial charge in [-0.1, -0.05) is 28.9 Å². The van der Waals surface area contributed by atoms with Gasteiger partial charge in [-0.25, -0.2) is 0 Å². The van der Waals surface area contributed by atoms with Crippen LogP contribution >= 0.6 is 11.6 Å². The highest BCUT2D eigenvalue weighted by Gasteiger charge is 2.48. The Hall–Kier alpha value is -3.58. The molecule has 2 aromatic carbocycles. The van der Waals surface area contributed by atoms with Crippen molar-refractivity contribution in [3.8, 4) is 0 Å². The highest BCUT2D eigenvalue weighted by Crippen LogP contribution is 2.42. The number of aromatic nitrogens is 1. The van der Waals surface area contributed by atoms with E-state index in [0.717, 1.165) is 5.69 Å². The number of benzene rings is 2. The molecule has 0 radical (unpaired) electrons. The number of hydrogen-bond acceptors (Lipinski definition) is 6. The Bertz CT molecular complexity index is 1180. The highest BCUT2D eigenvalue weighted by atomic mass is 35.5. The van der Waals surface area contributed by atoms with Crippen LogP contribution in [0, 0.1) is 6.92 Å². The average Bonchev–Trinajstić information content (AvgIpc) is 3.29. The molecule has 1 aliphatic heterocycles. The fraction of sp³-hybridized carbons (Fsp3) is 0.174. The van der Waals surface area contributed by atoms with Gasteiger partial charge in [0.15, 0.2) is 5.82 Å². The average molecular weight is 438 g/mol. The smallest absolute Gasteiger partial charge is 0.301 e. The van der Waals surface area contributed by atoms with Gasteiger partial charge in [0.25, 0.3) is 5.78 Å². The first-order valence-electron chi connectivity index (χ1n) is 9.55. The number of anilines is 2. The molecular weight excluding hydrogens is 418 g/mol. The molecule has 1 aliphatic rings. The molecule has 0 bridgehead atoms. The number of aliphatic hydroxyl groups is 1. The van der Waals surface area contributed by atoms with Gasteiger partial charge >= 0.3 is 5.91 Å². The molecule has 31 heavy (non-hydrogen) atoms. The number of nitrogens with zero attached hydrogens (tertiary/aromatic N) is 3. The predicted molar refractivity (Wildman–Crippen MR) is 118 cm³/mol. The lowest BCUT2D eigenvalue weighted by Crippen LogP contribution is -2.29. The Kier molecular flexibility index (Phi) is 5.29. The van der Waals surface area contributed by atoms with E-state index in [4.69, 9.17) is 16.1 Å². The molecule has 1 fully saturated rings. The van der Waals surface area contributed by atoms with E-state index >= 15 is 0 Å². The van der Waals surface area contributed by atoms with Crippen LogP contribution < -0.4 is 9.80 Å². The van der Waals surface area contributed by atoms with Crippen LogP contribution in [0.2, 0.25) is 5.02 Å². The lowest BCUT2D eigenvalue weighted by atomic mass is 9.95. The van der Waals surface area contributed by atoms with E-state index in [1.54, 1.807) is 37.3 Å². The number of Topliss-reactive ketones (excluding diaryl/α,β-unsaturated/α-hetero) is 1. The van der Waals surface area contributed by atoms with E-state index < -0.39 is 17.7 Å². The van der Waals surface area contributed by atoms with Crippen LogP contribution in [0.25, 0.3) is 5.76 Å². The minimum absolute atomic E-state index is 0.0226. The number of halogens is 1. The van der Waals surface area contributed by atoms with E-state index in [2.05, 4.69) is 5.16 Å². The lowest BCUT2D eigenvalue weighted by Gasteiger charge is -2.23. The number of hydrogen-bond donors (Lipinski definition) is 1. The van der Waals surface area contributed by atoms with Gasteiger partial charge in [0, 0.05) is 36.4 Å². The summed E-state index contributed by atoms with van der Waals surface area (Å²) >= 11 is 5.95. The van der Waals surface area contributed by atoms with Crippen molar-refractivity contribution in [2.75, 3.05) is 23.9 Å². The second-order valence-corrected chi connectivity index (χ2v) is 7.89. The number of carbonyl (C=O) groups excluding carboxylic acids is 2. The summed E-state index contributed by atoms with van der Waals surface area (Å²) in [5, 5.41) is 15.5. The van der Waals surface area contributed by atoms with Gasteiger partial charge in [-0.15, -0.1) is 0 Å². The van der Waals surface area contributed by atoms with Crippen LogP contribution in [-0.4, -0.2) is 36.0 Å². The zero-order chi connectivity index (χ0) is 22.3. The van der Waals surface area contributed by atoms with E-state index in [0.29, 0.717) is 21.9 Å². The van der Waals surface area contributed by atoms with Gasteiger partial charge < -0.3 is 14.5 Å². The van der Waals surface area contributed by atoms with Gasteiger partial charge in [-0.3, -0.25) is 14.5 Å². The minimum atomic E-state index is -0.864. The Morgan fingerprint density at radius 3 is 2.29 bits per heavy atom. The summed E-state index contributed by atoms with van der Waals surface area (Å²) in [6, 6.07) is 14.5. The maximum Gasteiger partial charge on any atom is 0.301 e. The molecule has 0 spiro atoms. The molecule has 4 rings (SSSR count). The van der Waals surface area contributed by atoms with E-state index in [1.165, 1.54) is 4.90 Å². The minimum Gasteiger partial charge on any atom is -0.507 e. The van der Waals surface area contributed by atoms with Gasteiger partial charge in [-0.2, -0.15) is 0 Å². The van der Waals surface area contributed by atoms with Crippen molar-refractivity contribution < 1.29 is 19.2 Å². The summed E-state index contributed by atoms with van der Waals surface area (Å²) in [5.41, 5.74) is 1.97. The van der Waals surface area contributed by atoms with Gasteiger partial charge in [0.05, 0.1) is 11.6 Å². The molecule has 1 amide bonds. The second-order valence-electron chi connectivity index (χ2n) is 7.46. The summed E-state index contributed by atoms with van der Waals surface area (Å²) in [6.07, 6.45) is 0. The maximum absolute atomic E-state index is 13.0. The van der Waals surface area contributed by atoms with Crippen LogP contribution in [0.4, 0.5) is 11.5 Å². The Morgan fingerprint density at radius 1 is 1.10 bits per heavy atom. The van der Waals surface area contributed by atoms with Crippen molar-refractivity contribution in [1.29, 1.82) is 0 Å². The van der Waals surface area contributed by atoms with Crippen molar-refractivity contribution in [3.05, 3.63) is 82.1 Å². The number of amides is 1. The number of rotatable bonds is 4. The molecule has 1 atom stereocenters. The largest absolute Gasteiger partial charge is 0.507 e. The van der Waals surface area contributed by atoms with Crippen molar-refractivity contribution in [2.45, 2.75) is 13.0 Å². The third-order valence-corrected chi connectivity index (χ3v) is 5.40. The first-order valence-corrected chi connectivity index (χ1v) is 9.93. The second kappa shape index (κ2) is 7.92. The fourth-order valence-electron chi connectivity index (χ4n) is 3.57. The molecule has 7 nitrogen and oxygen atoms in total. The summed E-state index contributed by atoms with van der Waals surface area (Å²) in [6.45, 7) is 1.70. The van der Waals surface area contributed by atoms with Crippen LogP contribution in [0.3, 0.4) is 0 Å². The molecular formula is C23H20ClN3O4. The number of ketones is 1. The molecule has 1 aromatic heterocycles. The number of aliphatic hydroxyl groups excluding tert-OH is 1. The zero-order valence-corrected chi connectivity index (χ0v) is 17.9.